The molecular weight excluding hydrogens is 463 g/mol. The Kier molecular flexibility index (Phi) is 5.40. The van der Waals surface area contributed by atoms with E-state index in [1.165, 1.54) is 11.3 Å². The van der Waals surface area contributed by atoms with Gasteiger partial charge in [0, 0.05) is 21.5 Å². The van der Waals surface area contributed by atoms with Gasteiger partial charge >= 0.3 is 0 Å². The highest BCUT2D eigenvalue weighted by molar-refractivity contribution is 7.26. The summed E-state index contributed by atoms with van der Waals surface area (Å²) in [5.74, 6) is 0.778. The average Bonchev–Trinajstić information content (AvgIpc) is 3.18. The van der Waals surface area contributed by atoms with Gasteiger partial charge in [0.05, 0.1) is 16.8 Å². The van der Waals surface area contributed by atoms with E-state index in [9.17, 15) is 5.26 Å². The standard InChI is InChI=1S/C24H14Cl2N4OS/c1-2-31-23-16(12-27)17(13-6-4-3-5-7-13)18-19-20(32-24(18)30-23)21(26)29-22(28-19)14-8-10-15(25)11-9-14/h3-11H,2H2,1H3. The fourth-order valence-electron chi connectivity index (χ4n) is 3.58. The molecular formula is C24H14Cl2N4OS. The first-order chi connectivity index (χ1) is 15.6. The molecule has 5 rings (SSSR count). The van der Waals surface area contributed by atoms with Crippen molar-refractivity contribution < 1.29 is 4.74 Å². The van der Waals surface area contributed by atoms with Gasteiger partial charge in [0.25, 0.3) is 0 Å². The molecule has 0 spiro atoms. The molecule has 0 atom stereocenters. The van der Waals surface area contributed by atoms with Crippen molar-refractivity contribution in [3.63, 3.8) is 0 Å². The van der Waals surface area contributed by atoms with E-state index in [-0.39, 0.29) is 0 Å². The first-order valence-corrected chi connectivity index (χ1v) is 11.4. The first-order valence-electron chi connectivity index (χ1n) is 9.78. The normalized spacial score (nSPS) is 11.1. The summed E-state index contributed by atoms with van der Waals surface area (Å²) >= 11 is 14.0. The van der Waals surface area contributed by atoms with Gasteiger partial charge in [-0.3, -0.25) is 0 Å². The molecule has 32 heavy (non-hydrogen) atoms. The molecule has 2 aromatic carbocycles. The van der Waals surface area contributed by atoms with Crippen molar-refractivity contribution in [1.29, 1.82) is 5.26 Å². The second-order valence-electron chi connectivity index (χ2n) is 6.88. The molecule has 0 fully saturated rings. The van der Waals surface area contributed by atoms with E-state index < -0.39 is 0 Å². The fourth-order valence-corrected chi connectivity index (χ4v) is 4.99. The Hall–Kier alpha value is -3.24. The van der Waals surface area contributed by atoms with Crippen LogP contribution in [0.1, 0.15) is 12.5 Å². The lowest BCUT2D eigenvalue weighted by Gasteiger charge is -2.11. The fraction of sp³-hybridized carbons (Fsp3) is 0.0833. The Morgan fingerprint density at radius 1 is 0.969 bits per heavy atom. The molecule has 0 N–H and O–H groups in total. The van der Waals surface area contributed by atoms with Crippen molar-refractivity contribution in [2.24, 2.45) is 0 Å². The number of nitrogens with zero attached hydrogens (tertiary/aromatic N) is 4. The van der Waals surface area contributed by atoms with Gasteiger partial charge in [-0.15, -0.1) is 11.3 Å². The van der Waals surface area contributed by atoms with E-state index in [1.54, 1.807) is 12.1 Å². The highest BCUT2D eigenvalue weighted by Crippen LogP contribution is 2.44. The summed E-state index contributed by atoms with van der Waals surface area (Å²) < 4.78 is 6.43. The van der Waals surface area contributed by atoms with Crippen LogP contribution >= 0.6 is 34.5 Å². The summed E-state index contributed by atoms with van der Waals surface area (Å²) in [6.07, 6.45) is 0. The molecule has 0 aliphatic rings. The average molecular weight is 477 g/mol. The number of aromatic nitrogens is 3. The monoisotopic (exact) mass is 476 g/mol. The van der Waals surface area contributed by atoms with Crippen LogP contribution in [0.15, 0.2) is 54.6 Å². The van der Waals surface area contributed by atoms with Gasteiger partial charge in [-0.25, -0.2) is 15.0 Å². The topological polar surface area (TPSA) is 71.7 Å². The summed E-state index contributed by atoms with van der Waals surface area (Å²) in [6, 6.07) is 19.2. The molecule has 156 valence electrons. The number of pyridine rings is 1. The molecule has 0 amide bonds. The molecule has 0 radical (unpaired) electrons. The molecule has 5 aromatic rings. The maximum Gasteiger partial charge on any atom is 0.233 e. The molecule has 5 nitrogen and oxygen atoms in total. The van der Waals surface area contributed by atoms with E-state index in [2.05, 4.69) is 16.0 Å². The highest BCUT2D eigenvalue weighted by Gasteiger charge is 2.24. The molecule has 0 bridgehead atoms. The second-order valence-corrected chi connectivity index (χ2v) is 8.68. The zero-order valence-electron chi connectivity index (χ0n) is 16.8. The maximum atomic E-state index is 10.0. The van der Waals surface area contributed by atoms with Crippen LogP contribution in [0.3, 0.4) is 0 Å². The van der Waals surface area contributed by atoms with Gasteiger partial charge in [-0.2, -0.15) is 5.26 Å². The number of rotatable bonds is 4. The van der Waals surface area contributed by atoms with Crippen molar-refractivity contribution in [3.05, 3.63) is 70.3 Å². The predicted molar refractivity (Wildman–Crippen MR) is 129 cm³/mol. The number of hydrogen-bond donors (Lipinski definition) is 0. The van der Waals surface area contributed by atoms with Crippen molar-refractivity contribution in [2.75, 3.05) is 6.61 Å². The van der Waals surface area contributed by atoms with Crippen LogP contribution in [0.5, 0.6) is 5.88 Å². The zero-order chi connectivity index (χ0) is 22.2. The molecule has 3 heterocycles. The highest BCUT2D eigenvalue weighted by atomic mass is 35.5. The van der Waals surface area contributed by atoms with Gasteiger partial charge in [-0.05, 0) is 36.8 Å². The van der Waals surface area contributed by atoms with Crippen LogP contribution < -0.4 is 4.74 Å². The lowest BCUT2D eigenvalue weighted by molar-refractivity contribution is 0.327. The van der Waals surface area contributed by atoms with Crippen molar-refractivity contribution in [3.8, 4) is 34.5 Å². The summed E-state index contributed by atoms with van der Waals surface area (Å²) in [4.78, 5) is 14.7. The Morgan fingerprint density at radius 3 is 2.41 bits per heavy atom. The van der Waals surface area contributed by atoms with Gasteiger partial charge in [-0.1, -0.05) is 53.5 Å². The first kappa shape index (κ1) is 20.7. The largest absolute Gasteiger partial charge is 0.477 e. The number of thiophene rings is 1. The minimum absolute atomic E-state index is 0.301. The molecule has 0 saturated heterocycles. The third-order valence-electron chi connectivity index (χ3n) is 4.95. The Morgan fingerprint density at radius 2 is 1.72 bits per heavy atom. The predicted octanol–water partition coefficient (Wildman–Crippen LogP) is 7.15. The van der Waals surface area contributed by atoms with Crippen LogP contribution in [0.4, 0.5) is 0 Å². The smallest absolute Gasteiger partial charge is 0.233 e. The van der Waals surface area contributed by atoms with Crippen LogP contribution in [-0.4, -0.2) is 21.6 Å². The van der Waals surface area contributed by atoms with Crippen molar-refractivity contribution in [1.82, 2.24) is 15.0 Å². The Bertz CT molecular complexity index is 1510. The Labute approximate surface area is 197 Å². The third kappa shape index (κ3) is 3.45. The molecule has 0 unspecified atom stereocenters. The maximum absolute atomic E-state index is 10.0. The van der Waals surface area contributed by atoms with Crippen LogP contribution in [0.2, 0.25) is 10.2 Å². The molecule has 0 saturated carbocycles. The van der Waals surface area contributed by atoms with E-state index >= 15 is 0 Å². The lowest BCUT2D eigenvalue weighted by Crippen LogP contribution is -2.00. The van der Waals surface area contributed by atoms with E-state index in [0.29, 0.717) is 49.1 Å². The number of nitriles is 1. The summed E-state index contributed by atoms with van der Waals surface area (Å²) in [5, 5.41) is 11.7. The third-order valence-corrected chi connectivity index (χ3v) is 6.67. The zero-order valence-corrected chi connectivity index (χ0v) is 19.1. The number of hydrogen-bond acceptors (Lipinski definition) is 6. The van der Waals surface area contributed by atoms with Crippen LogP contribution in [-0.2, 0) is 0 Å². The second kappa shape index (κ2) is 8.36. The SMILES string of the molecule is CCOc1nc2sc3c(Cl)nc(-c4ccc(Cl)cc4)nc3c2c(-c2ccccc2)c1C#N. The number of halogens is 2. The number of benzene rings is 2. The van der Waals surface area contributed by atoms with Gasteiger partial charge in [0.2, 0.25) is 5.88 Å². The molecule has 8 heteroatoms. The number of fused-ring (bicyclic) bond motifs is 3. The van der Waals surface area contributed by atoms with Crippen LogP contribution in [0, 0.1) is 11.3 Å². The lowest BCUT2D eigenvalue weighted by atomic mass is 9.98. The van der Waals surface area contributed by atoms with Gasteiger partial charge < -0.3 is 4.74 Å². The summed E-state index contributed by atoms with van der Waals surface area (Å²) in [6.45, 7) is 2.26. The minimum Gasteiger partial charge on any atom is -0.477 e. The Balaban J connectivity index is 1.91. The minimum atomic E-state index is 0.301. The van der Waals surface area contributed by atoms with E-state index in [1.807, 2.05) is 49.4 Å². The van der Waals surface area contributed by atoms with E-state index in [4.69, 9.17) is 32.9 Å². The molecule has 0 aliphatic heterocycles. The van der Waals surface area contributed by atoms with Gasteiger partial charge in [0.15, 0.2) is 11.0 Å². The van der Waals surface area contributed by atoms with Crippen molar-refractivity contribution in [2.45, 2.75) is 6.92 Å². The summed E-state index contributed by atoms with van der Waals surface area (Å²) in [7, 11) is 0. The summed E-state index contributed by atoms with van der Waals surface area (Å²) in [5.41, 5.74) is 3.41. The van der Waals surface area contributed by atoms with E-state index in [0.717, 1.165) is 22.1 Å². The van der Waals surface area contributed by atoms with Crippen LogP contribution in [0.25, 0.3) is 42.9 Å². The molecule has 3 aromatic heterocycles. The number of ether oxygens (including phenoxy) is 1. The van der Waals surface area contributed by atoms with Crippen molar-refractivity contribution >= 4 is 55.0 Å². The van der Waals surface area contributed by atoms with Gasteiger partial charge in [0.1, 0.15) is 16.5 Å². The quantitative estimate of drug-likeness (QED) is 0.257. The molecule has 0 aliphatic carbocycles.